The van der Waals surface area contributed by atoms with E-state index in [4.69, 9.17) is 11.6 Å². The fourth-order valence-corrected chi connectivity index (χ4v) is 3.38. The Bertz CT molecular complexity index is 1150. The van der Waals surface area contributed by atoms with Crippen LogP contribution in [0.1, 0.15) is 6.92 Å². The summed E-state index contributed by atoms with van der Waals surface area (Å²) in [4.78, 5) is 21.2. The van der Waals surface area contributed by atoms with E-state index in [2.05, 4.69) is 15.3 Å². The number of hydrogen-bond donors (Lipinski definition) is 1. The van der Waals surface area contributed by atoms with Crippen molar-refractivity contribution in [2.24, 2.45) is 7.05 Å². The number of anilines is 1. The molecule has 25 heavy (non-hydrogen) atoms. The van der Waals surface area contributed by atoms with Crippen molar-refractivity contribution in [3.63, 3.8) is 0 Å². The second-order valence-corrected chi connectivity index (χ2v) is 6.17. The quantitative estimate of drug-likeness (QED) is 0.613. The van der Waals surface area contributed by atoms with Crippen molar-refractivity contribution in [1.29, 1.82) is 0 Å². The highest BCUT2D eigenvalue weighted by molar-refractivity contribution is 6.31. The van der Waals surface area contributed by atoms with Crippen molar-refractivity contribution in [3.05, 3.63) is 58.2 Å². The molecule has 7 heteroatoms. The maximum Gasteiger partial charge on any atom is 0.354 e. The normalized spacial score (nSPS) is 11.3. The summed E-state index contributed by atoms with van der Waals surface area (Å²) >= 11 is 6.23. The maximum absolute atomic E-state index is 12.8. The fourth-order valence-electron chi connectivity index (χ4n) is 3.21. The van der Waals surface area contributed by atoms with Crippen LogP contribution < -0.4 is 11.0 Å². The SMILES string of the molecule is CCNc1nc(=O)n(-c2cccnc2)c2c3cc(Cl)ccc3n(C)c12. The number of pyridine rings is 1. The largest absolute Gasteiger partial charge is 0.368 e. The zero-order valence-electron chi connectivity index (χ0n) is 13.8. The molecular weight excluding hydrogens is 338 g/mol. The first-order valence-electron chi connectivity index (χ1n) is 7.96. The molecule has 6 nitrogen and oxygen atoms in total. The van der Waals surface area contributed by atoms with Gasteiger partial charge in [0.25, 0.3) is 0 Å². The van der Waals surface area contributed by atoms with E-state index in [1.807, 2.05) is 42.8 Å². The molecule has 3 aromatic heterocycles. The van der Waals surface area contributed by atoms with Crippen molar-refractivity contribution in [2.75, 3.05) is 11.9 Å². The van der Waals surface area contributed by atoms with Crippen LogP contribution in [-0.4, -0.2) is 25.6 Å². The number of fused-ring (bicyclic) bond motifs is 3. The summed E-state index contributed by atoms with van der Waals surface area (Å²) < 4.78 is 3.61. The molecule has 0 aliphatic heterocycles. The van der Waals surface area contributed by atoms with Gasteiger partial charge in [0.05, 0.1) is 22.9 Å². The predicted molar refractivity (Wildman–Crippen MR) is 101 cm³/mol. The van der Waals surface area contributed by atoms with Crippen molar-refractivity contribution in [1.82, 2.24) is 19.1 Å². The second kappa shape index (κ2) is 5.89. The van der Waals surface area contributed by atoms with Gasteiger partial charge in [0.15, 0.2) is 5.82 Å². The molecule has 0 saturated heterocycles. The minimum Gasteiger partial charge on any atom is -0.368 e. The lowest BCUT2D eigenvalue weighted by atomic mass is 10.2. The number of rotatable bonds is 3. The molecule has 0 unspecified atom stereocenters. The van der Waals surface area contributed by atoms with Crippen LogP contribution in [0.2, 0.25) is 5.02 Å². The van der Waals surface area contributed by atoms with Gasteiger partial charge in [-0.05, 0) is 37.3 Å². The van der Waals surface area contributed by atoms with Crippen molar-refractivity contribution in [2.45, 2.75) is 6.92 Å². The molecule has 0 bridgehead atoms. The standard InChI is InChI=1S/C18H16ClN5O/c1-3-21-17-16-15(13-9-11(19)6-7-14(13)23(16)2)24(18(25)22-17)12-5-4-8-20-10-12/h4-10H,3H2,1-2H3,(H,21,22,25). The van der Waals surface area contributed by atoms with E-state index in [0.29, 0.717) is 23.1 Å². The summed E-state index contributed by atoms with van der Waals surface area (Å²) in [5, 5.41) is 4.71. The summed E-state index contributed by atoms with van der Waals surface area (Å²) in [5.41, 5.74) is 2.90. The molecular formula is C18H16ClN5O. The van der Waals surface area contributed by atoms with Gasteiger partial charge >= 0.3 is 5.69 Å². The Morgan fingerprint density at radius 3 is 2.80 bits per heavy atom. The average molecular weight is 354 g/mol. The Morgan fingerprint density at radius 2 is 2.08 bits per heavy atom. The van der Waals surface area contributed by atoms with E-state index in [-0.39, 0.29) is 5.69 Å². The number of benzene rings is 1. The Balaban J connectivity index is 2.26. The molecule has 4 rings (SSSR count). The van der Waals surface area contributed by atoms with Crippen LogP contribution in [0.4, 0.5) is 5.82 Å². The van der Waals surface area contributed by atoms with E-state index >= 15 is 0 Å². The van der Waals surface area contributed by atoms with Gasteiger partial charge < -0.3 is 9.88 Å². The number of nitrogens with one attached hydrogen (secondary N) is 1. The molecule has 0 radical (unpaired) electrons. The lowest BCUT2D eigenvalue weighted by Crippen LogP contribution is -2.23. The lowest BCUT2D eigenvalue weighted by molar-refractivity contribution is 0.932. The van der Waals surface area contributed by atoms with E-state index in [1.165, 1.54) is 0 Å². The van der Waals surface area contributed by atoms with E-state index in [9.17, 15) is 4.79 Å². The highest BCUT2D eigenvalue weighted by Gasteiger charge is 2.19. The highest BCUT2D eigenvalue weighted by Crippen LogP contribution is 2.33. The molecule has 126 valence electrons. The molecule has 1 aromatic carbocycles. The Hall–Kier alpha value is -2.86. The summed E-state index contributed by atoms with van der Waals surface area (Å²) in [7, 11) is 1.96. The first-order chi connectivity index (χ1) is 12.1. The van der Waals surface area contributed by atoms with E-state index in [1.54, 1.807) is 23.0 Å². The van der Waals surface area contributed by atoms with Gasteiger partial charge in [-0.2, -0.15) is 4.98 Å². The van der Waals surface area contributed by atoms with Crippen molar-refractivity contribution >= 4 is 39.4 Å². The smallest absolute Gasteiger partial charge is 0.354 e. The molecule has 0 saturated carbocycles. The third kappa shape index (κ3) is 2.37. The number of halogens is 1. The van der Waals surface area contributed by atoms with Gasteiger partial charge in [0.1, 0.15) is 5.52 Å². The molecule has 0 spiro atoms. The molecule has 3 heterocycles. The Kier molecular flexibility index (Phi) is 3.69. The molecule has 1 N–H and O–H groups in total. The fraction of sp³-hybridized carbons (Fsp3) is 0.167. The second-order valence-electron chi connectivity index (χ2n) is 5.74. The number of aromatic nitrogens is 4. The minimum absolute atomic E-state index is 0.357. The summed E-state index contributed by atoms with van der Waals surface area (Å²) in [5.74, 6) is 0.567. The van der Waals surface area contributed by atoms with Crippen molar-refractivity contribution in [3.8, 4) is 5.69 Å². The number of nitrogens with zero attached hydrogens (tertiary/aromatic N) is 4. The number of aryl methyl sites for hydroxylation is 1. The third-order valence-corrected chi connectivity index (χ3v) is 4.46. The summed E-state index contributed by atoms with van der Waals surface area (Å²) in [6, 6.07) is 9.30. The molecule has 0 atom stereocenters. The minimum atomic E-state index is -0.357. The molecule has 0 aliphatic carbocycles. The van der Waals surface area contributed by atoms with Gasteiger partial charge in [0, 0.05) is 30.2 Å². The third-order valence-electron chi connectivity index (χ3n) is 4.23. The molecule has 0 amide bonds. The summed E-state index contributed by atoms with van der Waals surface area (Å²) in [6.07, 6.45) is 3.32. The van der Waals surface area contributed by atoms with Gasteiger partial charge in [-0.1, -0.05) is 11.6 Å². The van der Waals surface area contributed by atoms with Crippen molar-refractivity contribution < 1.29 is 0 Å². The van der Waals surface area contributed by atoms with Gasteiger partial charge in [-0.25, -0.2) is 4.79 Å². The van der Waals surface area contributed by atoms with Gasteiger partial charge in [-0.15, -0.1) is 0 Å². The predicted octanol–water partition coefficient (Wildman–Crippen LogP) is 3.36. The Morgan fingerprint density at radius 1 is 1.24 bits per heavy atom. The van der Waals surface area contributed by atoms with E-state index in [0.717, 1.165) is 21.9 Å². The van der Waals surface area contributed by atoms with E-state index < -0.39 is 0 Å². The number of hydrogen-bond acceptors (Lipinski definition) is 4. The average Bonchev–Trinajstić information content (AvgIpc) is 2.89. The maximum atomic E-state index is 12.8. The van der Waals surface area contributed by atoms with Crippen LogP contribution in [-0.2, 0) is 7.05 Å². The summed E-state index contributed by atoms with van der Waals surface area (Å²) in [6.45, 7) is 2.64. The first-order valence-corrected chi connectivity index (χ1v) is 8.34. The van der Waals surface area contributed by atoms with Crippen LogP contribution >= 0.6 is 11.6 Å². The van der Waals surface area contributed by atoms with Crippen LogP contribution in [0.25, 0.3) is 27.6 Å². The zero-order chi connectivity index (χ0) is 17.6. The molecule has 4 aromatic rings. The monoisotopic (exact) mass is 353 g/mol. The van der Waals surface area contributed by atoms with Gasteiger partial charge in [-0.3, -0.25) is 9.55 Å². The Labute approximate surface area is 148 Å². The van der Waals surface area contributed by atoms with Crippen LogP contribution in [0.15, 0.2) is 47.5 Å². The van der Waals surface area contributed by atoms with Crippen LogP contribution in [0.3, 0.4) is 0 Å². The molecule has 0 fully saturated rings. The highest BCUT2D eigenvalue weighted by atomic mass is 35.5. The molecule has 0 aliphatic rings. The zero-order valence-corrected chi connectivity index (χ0v) is 14.6. The van der Waals surface area contributed by atoms with Crippen LogP contribution in [0, 0.1) is 0 Å². The lowest BCUT2D eigenvalue weighted by Gasteiger charge is -2.11. The topological polar surface area (TPSA) is 64.7 Å². The van der Waals surface area contributed by atoms with Crippen LogP contribution in [0.5, 0.6) is 0 Å². The van der Waals surface area contributed by atoms with Gasteiger partial charge in [0.2, 0.25) is 0 Å². The first kappa shape index (κ1) is 15.7.